The van der Waals surface area contributed by atoms with Crippen molar-refractivity contribution in [2.45, 2.75) is 0 Å². The van der Waals surface area contributed by atoms with Gasteiger partial charge in [-0.3, -0.25) is 14.3 Å². The second-order valence-corrected chi connectivity index (χ2v) is 6.63. The number of hydrogen-bond donors (Lipinski definition) is 2. The molecule has 0 atom stereocenters. The van der Waals surface area contributed by atoms with Crippen LogP contribution in [0.25, 0.3) is 33.7 Å². The van der Waals surface area contributed by atoms with Gasteiger partial charge in [-0.2, -0.15) is 25.6 Å². The number of anilines is 2. The lowest BCUT2D eigenvalue weighted by Gasteiger charge is -2.08. The van der Waals surface area contributed by atoms with E-state index in [4.69, 9.17) is 9.72 Å². The first-order valence-electron chi connectivity index (χ1n) is 9.13. The Morgan fingerprint density at radius 3 is 2.80 bits per heavy atom. The highest BCUT2D eigenvalue weighted by atomic mass is 16.5. The molecule has 0 bridgehead atoms. The van der Waals surface area contributed by atoms with Crippen LogP contribution in [0.3, 0.4) is 0 Å². The van der Waals surface area contributed by atoms with E-state index in [1.165, 1.54) is 0 Å². The molecule has 11 nitrogen and oxygen atoms in total. The molecule has 0 aliphatic carbocycles. The van der Waals surface area contributed by atoms with Crippen LogP contribution < -0.4 is 10.1 Å². The highest BCUT2D eigenvalue weighted by molar-refractivity contribution is 5.93. The highest BCUT2D eigenvalue weighted by Gasteiger charge is 2.16. The summed E-state index contributed by atoms with van der Waals surface area (Å²) in [5, 5.41) is 23.9. The summed E-state index contributed by atoms with van der Waals surface area (Å²) in [5.41, 5.74) is 3.67. The molecule has 5 aromatic heterocycles. The molecular formula is C19H18N10O. The van der Waals surface area contributed by atoms with Crippen LogP contribution >= 0.6 is 0 Å². The lowest BCUT2D eigenvalue weighted by Crippen LogP contribution is -2.02. The van der Waals surface area contributed by atoms with Gasteiger partial charge in [0, 0.05) is 37.3 Å². The van der Waals surface area contributed by atoms with E-state index in [2.05, 4.69) is 35.9 Å². The largest absolute Gasteiger partial charge is 0.494 e. The van der Waals surface area contributed by atoms with Gasteiger partial charge < -0.3 is 10.1 Å². The van der Waals surface area contributed by atoms with Gasteiger partial charge in [0.25, 0.3) is 0 Å². The van der Waals surface area contributed by atoms with E-state index in [-0.39, 0.29) is 0 Å². The standard InChI is InChI=1S/C19H18N10O/c1-28-17(8-13(26-28)18-15(30-3)5-4-6-20-18)23-16-7-11(14-10-21-27-25-14)12-9-22-29(2)19(12)24-16/h4-10H,1-3H3,(H,23,24)(H,21,25,27). The third-order valence-electron chi connectivity index (χ3n) is 4.77. The third kappa shape index (κ3) is 2.92. The van der Waals surface area contributed by atoms with Crippen molar-refractivity contribution in [1.82, 2.24) is 44.9 Å². The second kappa shape index (κ2) is 6.95. The summed E-state index contributed by atoms with van der Waals surface area (Å²) in [6.45, 7) is 0. The van der Waals surface area contributed by atoms with Gasteiger partial charge >= 0.3 is 0 Å². The van der Waals surface area contributed by atoms with E-state index in [0.29, 0.717) is 28.6 Å². The van der Waals surface area contributed by atoms with Gasteiger partial charge in [0.1, 0.15) is 34.5 Å². The summed E-state index contributed by atoms with van der Waals surface area (Å²) in [4.78, 5) is 9.11. The van der Waals surface area contributed by atoms with Crippen LogP contribution in [0.15, 0.2) is 42.9 Å². The van der Waals surface area contributed by atoms with Gasteiger partial charge in [0.15, 0.2) is 5.65 Å². The molecule has 150 valence electrons. The lowest BCUT2D eigenvalue weighted by atomic mass is 10.1. The predicted molar refractivity (Wildman–Crippen MR) is 110 cm³/mol. The summed E-state index contributed by atoms with van der Waals surface area (Å²) in [7, 11) is 5.31. The first-order chi connectivity index (χ1) is 14.6. The van der Waals surface area contributed by atoms with Crippen molar-refractivity contribution in [3.8, 4) is 28.4 Å². The molecular weight excluding hydrogens is 384 g/mol. The Morgan fingerprint density at radius 2 is 2.00 bits per heavy atom. The van der Waals surface area contributed by atoms with Gasteiger partial charge in [0.2, 0.25) is 0 Å². The van der Waals surface area contributed by atoms with Crippen molar-refractivity contribution >= 4 is 22.7 Å². The summed E-state index contributed by atoms with van der Waals surface area (Å²) in [6.07, 6.45) is 5.15. The number of nitrogens with one attached hydrogen (secondary N) is 2. The van der Waals surface area contributed by atoms with Crippen molar-refractivity contribution in [2.75, 3.05) is 12.4 Å². The maximum Gasteiger partial charge on any atom is 0.160 e. The molecule has 30 heavy (non-hydrogen) atoms. The van der Waals surface area contributed by atoms with Gasteiger partial charge in [-0.25, -0.2) is 4.98 Å². The van der Waals surface area contributed by atoms with Crippen molar-refractivity contribution in [2.24, 2.45) is 14.1 Å². The number of H-pyrrole nitrogens is 1. The molecule has 0 amide bonds. The molecule has 0 saturated carbocycles. The number of aryl methyl sites for hydroxylation is 2. The number of ether oxygens (including phenoxy) is 1. The normalized spacial score (nSPS) is 11.2. The van der Waals surface area contributed by atoms with Crippen LogP contribution in [0.2, 0.25) is 0 Å². The average molecular weight is 402 g/mol. The molecule has 5 rings (SSSR count). The van der Waals surface area contributed by atoms with Crippen molar-refractivity contribution in [3.05, 3.63) is 42.9 Å². The molecule has 11 heteroatoms. The fraction of sp³-hybridized carbons (Fsp3) is 0.158. The van der Waals surface area contributed by atoms with Crippen LogP contribution in [-0.4, -0.2) is 52.0 Å². The molecule has 2 N–H and O–H groups in total. The fourth-order valence-corrected chi connectivity index (χ4v) is 3.30. The SMILES string of the molecule is COc1cccnc1-c1cc(Nc2cc(-c3cn[nH]n3)c3cnn(C)c3n2)n(C)n1. The third-order valence-corrected chi connectivity index (χ3v) is 4.77. The smallest absolute Gasteiger partial charge is 0.160 e. The fourth-order valence-electron chi connectivity index (χ4n) is 3.30. The zero-order valence-electron chi connectivity index (χ0n) is 16.5. The maximum atomic E-state index is 5.41. The molecule has 0 spiro atoms. The minimum atomic E-state index is 0.631. The lowest BCUT2D eigenvalue weighted by molar-refractivity contribution is 0.414. The van der Waals surface area contributed by atoms with E-state index in [1.54, 1.807) is 35.1 Å². The van der Waals surface area contributed by atoms with Crippen LogP contribution in [0, 0.1) is 0 Å². The van der Waals surface area contributed by atoms with Crippen LogP contribution in [0.4, 0.5) is 11.6 Å². The molecule has 0 aliphatic rings. The number of nitrogens with zero attached hydrogens (tertiary/aromatic N) is 8. The molecule has 0 saturated heterocycles. The minimum absolute atomic E-state index is 0.631. The van der Waals surface area contributed by atoms with Gasteiger partial charge in [-0.15, -0.1) is 0 Å². The number of hydrogen-bond acceptors (Lipinski definition) is 8. The summed E-state index contributed by atoms with van der Waals surface area (Å²) in [6, 6.07) is 7.49. The number of aromatic amines is 1. The zero-order valence-corrected chi connectivity index (χ0v) is 16.5. The molecule has 0 aromatic carbocycles. The van der Waals surface area contributed by atoms with Crippen LogP contribution in [-0.2, 0) is 14.1 Å². The maximum absolute atomic E-state index is 5.41. The van der Waals surface area contributed by atoms with Crippen LogP contribution in [0.1, 0.15) is 0 Å². The quantitative estimate of drug-likeness (QED) is 0.459. The Balaban J connectivity index is 1.57. The summed E-state index contributed by atoms with van der Waals surface area (Å²) >= 11 is 0. The van der Waals surface area contributed by atoms with E-state index in [0.717, 1.165) is 22.4 Å². The Labute approximate surface area is 170 Å². The first-order valence-corrected chi connectivity index (χ1v) is 9.13. The first kappa shape index (κ1) is 17.8. The molecule has 5 heterocycles. The predicted octanol–water partition coefficient (Wildman–Crippen LogP) is 2.30. The highest BCUT2D eigenvalue weighted by Crippen LogP contribution is 2.31. The van der Waals surface area contributed by atoms with E-state index in [9.17, 15) is 0 Å². The van der Waals surface area contributed by atoms with E-state index >= 15 is 0 Å². The number of pyridine rings is 2. The Morgan fingerprint density at radius 1 is 1.10 bits per heavy atom. The monoisotopic (exact) mass is 402 g/mol. The molecule has 0 fully saturated rings. The number of methoxy groups -OCH3 is 1. The van der Waals surface area contributed by atoms with Crippen molar-refractivity contribution < 1.29 is 4.74 Å². The van der Waals surface area contributed by atoms with Crippen LogP contribution in [0.5, 0.6) is 5.75 Å². The summed E-state index contributed by atoms with van der Waals surface area (Å²) < 4.78 is 8.86. The number of fused-ring (bicyclic) bond motifs is 1. The van der Waals surface area contributed by atoms with Gasteiger partial charge in [-0.05, 0) is 18.2 Å². The molecule has 0 unspecified atom stereocenters. The van der Waals surface area contributed by atoms with Crippen molar-refractivity contribution in [1.29, 1.82) is 0 Å². The second-order valence-electron chi connectivity index (χ2n) is 6.63. The van der Waals surface area contributed by atoms with Crippen molar-refractivity contribution in [3.63, 3.8) is 0 Å². The molecule has 0 radical (unpaired) electrons. The number of aromatic nitrogens is 9. The zero-order chi connectivity index (χ0) is 20.7. The van der Waals surface area contributed by atoms with Gasteiger partial charge in [0.05, 0.1) is 19.5 Å². The Hall–Kier alpha value is -4.28. The Bertz CT molecular complexity index is 1340. The molecule has 5 aromatic rings. The topological polar surface area (TPSA) is 124 Å². The minimum Gasteiger partial charge on any atom is -0.494 e. The van der Waals surface area contributed by atoms with E-state index < -0.39 is 0 Å². The molecule has 0 aliphatic heterocycles. The Kier molecular flexibility index (Phi) is 4.12. The average Bonchev–Trinajstić information content (AvgIpc) is 3.50. The van der Waals surface area contributed by atoms with E-state index in [1.807, 2.05) is 38.4 Å². The van der Waals surface area contributed by atoms with Gasteiger partial charge in [-0.1, -0.05) is 0 Å². The summed E-state index contributed by atoms with van der Waals surface area (Å²) in [5.74, 6) is 2.04. The number of rotatable bonds is 5.